The average Bonchev–Trinajstić information content (AvgIpc) is 2.57. The Morgan fingerprint density at radius 3 is 2.56 bits per heavy atom. The van der Waals surface area contributed by atoms with Gasteiger partial charge in [0.25, 0.3) is 0 Å². The predicted octanol–water partition coefficient (Wildman–Crippen LogP) is 3.07. The summed E-state index contributed by atoms with van der Waals surface area (Å²) in [6.45, 7) is 1.65. The Morgan fingerprint density at radius 1 is 1.16 bits per heavy atom. The van der Waals surface area contributed by atoms with Crippen LogP contribution < -0.4 is 0 Å². The van der Waals surface area contributed by atoms with Crippen molar-refractivity contribution in [3.8, 4) is 0 Å². The third-order valence-electron chi connectivity index (χ3n) is 4.55. The quantitative estimate of drug-likeness (QED) is 0.920. The first kappa shape index (κ1) is 17.8. The van der Waals surface area contributed by atoms with Gasteiger partial charge in [0.15, 0.2) is 0 Å². The van der Waals surface area contributed by atoms with Crippen LogP contribution in [0, 0.1) is 0 Å². The normalized spacial score (nSPS) is 18.2. The predicted molar refractivity (Wildman–Crippen MR) is 86.6 cm³/mol. The molecule has 2 aromatic rings. The van der Waals surface area contributed by atoms with Gasteiger partial charge in [0.2, 0.25) is 0 Å². The summed E-state index contributed by atoms with van der Waals surface area (Å²) >= 11 is 0. The maximum absolute atomic E-state index is 12.8. The number of nitrogens with zero attached hydrogens (tertiary/aromatic N) is 3. The van der Waals surface area contributed by atoms with Gasteiger partial charge >= 0.3 is 6.18 Å². The molecule has 25 heavy (non-hydrogen) atoms. The van der Waals surface area contributed by atoms with Crippen molar-refractivity contribution in [1.82, 2.24) is 14.9 Å². The molecule has 1 fully saturated rings. The van der Waals surface area contributed by atoms with Crippen molar-refractivity contribution in [1.29, 1.82) is 0 Å². The average molecular weight is 351 g/mol. The molecule has 0 unspecified atom stereocenters. The first-order valence-corrected chi connectivity index (χ1v) is 8.20. The molecule has 1 N–H and O–H groups in total. The van der Waals surface area contributed by atoms with E-state index in [4.69, 9.17) is 0 Å². The molecule has 0 atom stereocenters. The van der Waals surface area contributed by atoms with Crippen LogP contribution in [0.15, 0.2) is 42.9 Å². The molecule has 1 saturated heterocycles. The highest BCUT2D eigenvalue weighted by Gasteiger charge is 2.34. The summed E-state index contributed by atoms with van der Waals surface area (Å²) in [5.74, 6) is 0. The summed E-state index contributed by atoms with van der Waals surface area (Å²) in [6.07, 6.45) is 1.25. The molecule has 0 spiro atoms. The first-order valence-electron chi connectivity index (χ1n) is 8.20. The zero-order chi connectivity index (χ0) is 17.9. The van der Waals surface area contributed by atoms with Gasteiger partial charge in [-0.15, -0.1) is 0 Å². The fraction of sp³-hybridized carbons (Fsp3) is 0.444. The van der Waals surface area contributed by atoms with E-state index in [1.165, 1.54) is 6.20 Å². The Morgan fingerprint density at radius 2 is 1.92 bits per heavy atom. The van der Waals surface area contributed by atoms with Crippen LogP contribution in [-0.2, 0) is 19.1 Å². The standard InChI is InChI=1S/C18H20F3N3O/c19-18(20,21)15-9-14(11-22-12-15)13-24-7-4-17(25,5-8-24)10-16-3-1-2-6-23-16/h1-3,6,9,11-12,25H,4-5,7-8,10,13H2. The van der Waals surface area contributed by atoms with Crippen LogP contribution in [0.2, 0.25) is 0 Å². The summed E-state index contributed by atoms with van der Waals surface area (Å²) in [7, 11) is 0. The number of hydrogen-bond acceptors (Lipinski definition) is 4. The Hall–Kier alpha value is -1.99. The molecule has 0 radical (unpaired) electrons. The molecule has 7 heteroatoms. The van der Waals surface area contributed by atoms with Crippen LogP contribution in [0.3, 0.4) is 0 Å². The molecule has 0 aromatic carbocycles. The van der Waals surface area contributed by atoms with Crippen molar-refractivity contribution in [2.75, 3.05) is 13.1 Å². The monoisotopic (exact) mass is 351 g/mol. The van der Waals surface area contributed by atoms with Gasteiger partial charge in [0.05, 0.1) is 11.2 Å². The molecule has 1 aliphatic heterocycles. The van der Waals surface area contributed by atoms with Gasteiger partial charge < -0.3 is 5.11 Å². The molecule has 1 aliphatic rings. The lowest BCUT2D eigenvalue weighted by Gasteiger charge is -2.38. The number of pyridine rings is 2. The second kappa shape index (κ2) is 7.09. The highest BCUT2D eigenvalue weighted by Crippen LogP contribution is 2.30. The molecule has 2 aromatic heterocycles. The minimum Gasteiger partial charge on any atom is -0.389 e. The Kier molecular flexibility index (Phi) is 5.06. The fourth-order valence-electron chi connectivity index (χ4n) is 3.13. The zero-order valence-electron chi connectivity index (χ0n) is 13.7. The Labute approximate surface area is 144 Å². The second-order valence-electron chi connectivity index (χ2n) is 6.58. The van der Waals surface area contributed by atoms with Crippen LogP contribution in [0.5, 0.6) is 0 Å². The summed E-state index contributed by atoms with van der Waals surface area (Å²) in [4.78, 5) is 9.99. The molecule has 0 amide bonds. The first-order chi connectivity index (χ1) is 11.8. The van der Waals surface area contributed by atoms with Gasteiger partial charge in [0, 0.05) is 50.3 Å². The molecular weight excluding hydrogens is 331 g/mol. The van der Waals surface area contributed by atoms with Crippen LogP contribution >= 0.6 is 0 Å². The number of aliphatic hydroxyl groups is 1. The second-order valence-corrected chi connectivity index (χ2v) is 6.58. The van der Waals surface area contributed by atoms with Gasteiger partial charge in [0.1, 0.15) is 0 Å². The van der Waals surface area contributed by atoms with Crippen LogP contribution in [-0.4, -0.2) is 38.7 Å². The summed E-state index contributed by atoms with van der Waals surface area (Å²) in [5.41, 5.74) is -0.157. The highest BCUT2D eigenvalue weighted by atomic mass is 19.4. The third-order valence-corrected chi connectivity index (χ3v) is 4.55. The van der Waals surface area contributed by atoms with E-state index in [0.717, 1.165) is 18.0 Å². The van der Waals surface area contributed by atoms with Gasteiger partial charge in [-0.05, 0) is 36.6 Å². The summed E-state index contributed by atoms with van der Waals surface area (Å²) in [6, 6.07) is 6.75. The summed E-state index contributed by atoms with van der Waals surface area (Å²) < 4.78 is 38.3. The van der Waals surface area contributed by atoms with Crippen molar-refractivity contribution in [2.45, 2.75) is 37.6 Å². The lowest BCUT2D eigenvalue weighted by molar-refractivity contribution is -0.137. The molecule has 0 aliphatic carbocycles. The number of halogens is 3. The van der Waals surface area contributed by atoms with E-state index in [-0.39, 0.29) is 0 Å². The number of alkyl halides is 3. The minimum absolute atomic E-state index is 0.399. The Balaban J connectivity index is 1.58. The minimum atomic E-state index is -4.38. The molecule has 0 saturated carbocycles. The van der Waals surface area contributed by atoms with Crippen LogP contribution in [0.4, 0.5) is 13.2 Å². The van der Waals surface area contributed by atoms with Gasteiger partial charge in [-0.25, -0.2) is 0 Å². The van der Waals surface area contributed by atoms with Crippen molar-refractivity contribution >= 4 is 0 Å². The van der Waals surface area contributed by atoms with Crippen LogP contribution in [0.1, 0.15) is 29.7 Å². The van der Waals surface area contributed by atoms with Gasteiger partial charge in [-0.1, -0.05) is 6.07 Å². The number of rotatable bonds is 4. The fourth-order valence-corrected chi connectivity index (χ4v) is 3.13. The van der Waals surface area contributed by atoms with Crippen molar-refractivity contribution in [2.24, 2.45) is 0 Å². The number of aromatic nitrogens is 2. The van der Waals surface area contributed by atoms with Crippen molar-refractivity contribution in [3.63, 3.8) is 0 Å². The molecule has 134 valence electrons. The largest absolute Gasteiger partial charge is 0.417 e. The maximum atomic E-state index is 12.8. The number of likely N-dealkylation sites (tertiary alicyclic amines) is 1. The van der Waals surface area contributed by atoms with Gasteiger partial charge in [-0.2, -0.15) is 13.2 Å². The third kappa shape index (κ3) is 4.76. The van der Waals surface area contributed by atoms with E-state index in [1.54, 1.807) is 6.20 Å². The molecular formula is C18H20F3N3O. The molecule has 0 bridgehead atoms. The highest BCUT2D eigenvalue weighted by molar-refractivity contribution is 5.20. The molecule has 3 rings (SSSR count). The SMILES string of the molecule is OC1(Cc2ccccn2)CCN(Cc2cncc(C(F)(F)F)c2)CC1. The summed E-state index contributed by atoms with van der Waals surface area (Å²) in [5, 5.41) is 10.7. The number of hydrogen-bond donors (Lipinski definition) is 1. The smallest absolute Gasteiger partial charge is 0.389 e. The van der Waals surface area contributed by atoms with E-state index in [0.29, 0.717) is 44.5 Å². The Bertz CT molecular complexity index is 698. The van der Waals surface area contributed by atoms with E-state index in [1.807, 2.05) is 23.1 Å². The van der Waals surface area contributed by atoms with E-state index in [9.17, 15) is 18.3 Å². The van der Waals surface area contributed by atoms with E-state index < -0.39 is 17.3 Å². The molecule has 4 nitrogen and oxygen atoms in total. The van der Waals surface area contributed by atoms with E-state index >= 15 is 0 Å². The lowest BCUT2D eigenvalue weighted by atomic mass is 9.86. The van der Waals surface area contributed by atoms with E-state index in [2.05, 4.69) is 9.97 Å². The van der Waals surface area contributed by atoms with Crippen LogP contribution in [0.25, 0.3) is 0 Å². The topological polar surface area (TPSA) is 49.3 Å². The van der Waals surface area contributed by atoms with Crippen molar-refractivity contribution in [3.05, 3.63) is 59.7 Å². The lowest BCUT2D eigenvalue weighted by Crippen LogP contribution is -2.45. The molecule has 3 heterocycles. The maximum Gasteiger partial charge on any atom is 0.417 e. The van der Waals surface area contributed by atoms with Crippen molar-refractivity contribution < 1.29 is 18.3 Å². The van der Waals surface area contributed by atoms with Gasteiger partial charge in [-0.3, -0.25) is 14.9 Å². The zero-order valence-corrected chi connectivity index (χ0v) is 13.7. The number of piperidine rings is 1.